The Morgan fingerprint density at radius 2 is 1.65 bits per heavy atom. The van der Waals surface area contributed by atoms with Gasteiger partial charge in [0.15, 0.2) is 0 Å². The minimum Gasteiger partial charge on any atom is -0.477 e. The van der Waals surface area contributed by atoms with Gasteiger partial charge in [-0.2, -0.15) is 0 Å². The Balaban J connectivity index is 1.76. The molecule has 0 aliphatic heterocycles. The van der Waals surface area contributed by atoms with E-state index in [1.165, 1.54) is 44.6 Å². The lowest BCUT2D eigenvalue weighted by Gasteiger charge is -2.56. The van der Waals surface area contributed by atoms with Crippen molar-refractivity contribution < 1.29 is 9.90 Å². The summed E-state index contributed by atoms with van der Waals surface area (Å²) in [5.74, 6) is 1.28. The van der Waals surface area contributed by atoms with E-state index in [0.717, 1.165) is 23.4 Å². The summed E-state index contributed by atoms with van der Waals surface area (Å²) < 4.78 is 0. The lowest BCUT2D eigenvalue weighted by molar-refractivity contribution is -0.00732. The standard InChI is InChI=1S/C16H19NO3/c18-14-12(15(19)20)1-2-13(17-14)16-6-9-3-10(7-16)5-11(4-9)8-16/h1-2,9-11H,3-8H2,(H,17,18)(H,19,20). The smallest absolute Gasteiger partial charge is 0.341 e. The number of carboxylic acids is 1. The highest BCUT2D eigenvalue weighted by Gasteiger charge is 2.52. The van der Waals surface area contributed by atoms with Crippen LogP contribution in [0, 0.1) is 17.8 Å². The first-order valence-corrected chi connectivity index (χ1v) is 7.53. The predicted octanol–water partition coefficient (Wildman–Crippen LogP) is 2.54. The second-order valence-corrected chi connectivity index (χ2v) is 7.12. The summed E-state index contributed by atoms with van der Waals surface area (Å²) in [6.45, 7) is 0. The van der Waals surface area contributed by atoms with Crippen LogP contribution in [0.2, 0.25) is 0 Å². The Morgan fingerprint density at radius 3 is 2.10 bits per heavy atom. The topological polar surface area (TPSA) is 70.2 Å². The number of aromatic amines is 1. The molecule has 0 spiro atoms. The van der Waals surface area contributed by atoms with Crippen molar-refractivity contribution >= 4 is 5.97 Å². The van der Waals surface area contributed by atoms with Gasteiger partial charge in [-0.15, -0.1) is 0 Å². The van der Waals surface area contributed by atoms with Crippen molar-refractivity contribution in [3.8, 4) is 0 Å². The molecule has 5 rings (SSSR count). The fourth-order valence-electron chi connectivity index (χ4n) is 5.39. The molecule has 0 radical (unpaired) electrons. The summed E-state index contributed by atoms with van der Waals surface area (Å²) in [4.78, 5) is 25.8. The summed E-state index contributed by atoms with van der Waals surface area (Å²) in [6.07, 6.45) is 7.58. The third-order valence-electron chi connectivity index (χ3n) is 5.75. The molecule has 4 aliphatic rings. The molecular formula is C16H19NO3. The molecule has 4 nitrogen and oxygen atoms in total. The second kappa shape index (κ2) is 3.96. The van der Waals surface area contributed by atoms with Crippen LogP contribution in [-0.2, 0) is 5.41 Å². The minimum absolute atomic E-state index is 0.116. The monoisotopic (exact) mass is 273 g/mol. The number of aromatic carboxylic acids is 1. The maximum Gasteiger partial charge on any atom is 0.341 e. The van der Waals surface area contributed by atoms with Crippen molar-refractivity contribution in [3.05, 3.63) is 33.7 Å². The molecule has 20 heavy (non-hydrogen) atoms. The molecule has 0 amide bonds. The molecule has 106 valence electrons. The van der Waals surface area contributed by atoms with Crippen molar-refractivity contribution in [2.45, 2.75) is 43.9 Å². The van der Waals surface area contributed by atoms with Crippen molar-refractivity contribution in [2.75, 3.05) is 0 Å². The first kappa shape index (κ1) is 12.2. The molecule has 0 unspecified atom stereocenters. The van der Waals surface area contributed by atoms with E-state index < -0.39 is 11.5 Å². The number of carbonyl (C=O) groups is 1. The number of pyridine rings is 1. The summed E-state index contributed by atoms with van der Waals surface area (Å²) in [5.41, 5.74) is 0.487. The normalized spacial score (nSPS) is 38.1. The van der Waals surface area contributed by atoms with Gasteiger partial charge in [-0.25, -0.2) is 4.79 Å². The quantitative estimate of drug-likeness (QED) is 0.870. The number of aromatic nitrogens is 1. The number of hydrogen-bond donors (Lipinski definition) is 2. The van der Waals surface area contributed by atoms with Gasteiger partial charge < -0.3 is 10.1 Å². The highest BCUT2D eigenvalue weighted by Crippen LogP contribution is 2.60. The highest BCUT2D eigenvalue weighted by molar-refractivity contribution is 5.87. The molecule has 1 aromatic heterocycles. The number of rotatable bonds is 2. The van der Waals surface area contributed by atoms with Gasteiger partial charge in [0.1, 0.15) is 5.56 Å². The van der Waals surface area contributed by atoms with Crippen LogP contribution in [0.15, 0.2) is 16.9 Å². The van der Waals surface area contributed by atoms with Gasteiger partial charge in [0.2, 0.25) is 0 Å². The van der Waals surface area contributed by atoms with Crippen LogP contribution in [0.5, 0.6) is 0 Å². The Bertz CT molecular complexity index is 596. The van der Waals surface area contributed by atoms with Gasteiger partial charge >= 0.3 is 5.97 Å². The lowest BCUT2D eigenvalue weighted by atomic mass is 9.49. The summed E-state index contributed by atoms with van der Waals surface area (Å²) in [7, 11) is 0. The van der Waals surface area contributed by atoms with Crippen molar-refractivity contribution in [1.29, 1.82) is 0 Å². The Labute approximate surface area is 117 Å². The van der Waals surface area contributed by atoms with Crippen LogP contribution in [0.3, 0.4) is 0 Å². The molecule has 0 saturated heterocycles. The summed E-state index contributed by atoms with van der Waals surface area (Å²) >= 11 is 0. The fourth-order valence-corrected chi connectivity index (χ4v) is 5.39. The van der Waals surface area contributed by atoms with Crippen LogP contribution in [0.4, 0.5) is 0 Å². The molecule has 0 atom stereocenters. The molecule has 4 saturated carbocycles. The zero-order valence-electron chi connectivity index (χ0n) is 11.4. The van der Waals surface area contributed by atoms with Gasteiger partial charge in [-0.1, -0.05) is 0 Å². The van der Waals surface area contributed by atoms with Crippen LogP contribution < -0.4 is 5.56 Å². The van der Waals surface area contributed by atoms with E-state index in [4.69, 9.17) is 5.11 Å². The Kier molecular flexibility index (Phi) is 2.41. The van der Waals surface area contributed by atoms with Crippen LogP contribution in [0.1, 0.15) is 54.6 Å². The maximum absolute atomic E-state index is 11.9. The predicted molar refractivity (Wildman–Crippen MR) is 73.9 cm³/mol. The van der Waals surface area contributed by atoms with Crippen molar-refractivity contribution in [2.24, 2.45) is 17.8 Å². The average molecular weight is 273 g/mol. The first-order valence-electron chi connectivity index (χ1n) is 7.53. The summed E-state index contributed by atoms with van der Waals surface area (Å²) in [6, 6.07) is 3.33. The first-order chi connectivity index (χ1) is 9.56. The molecular weight excluding hydrogens is 254 g/mol. The number of H-pyrrole nitrogens is 1. The molecule has 2 N–H and O–H groups in total. The van der Waals surface area contributed by atoms with Crippen LogP contribution in [-0.4, -0.2) is 16.1 Å². The molecule has 0 aromatic carbocycles. The zero-order chi connectivity index (χ0) is 13.9. The Hall–Kier alpha value is -1.58. The third kappa shape index (κ3) is 1.67. The summed E-state index contributed by atoms with van der Waals surface area (Å²) in [5, 5.41) is 8.97. The van der Waals surface area contributed by atoms with E-state index >= 15 is 0 Å². The number of carboxylic acid groups (broad SMARTS) is 1. The molecule has 4 fully saturated rings. The maximum atomic E-state index is 11.9. The van der Waals surface area contributed by atoms with Crippen molar-refractivity contribution in [1.82, 2.24) is 4.98 Å². The molecule has 1 aromatic rings. The van der Waals surface area contributed by atoms with E-state index in [1.54, 1.807) is 0 Å². The molecule has 4 aliphatic carbocycles. The van der Waals surface area contributed by atoms with Gasteiger partial charge in [0.25, 0.3) is 5.56 Å². The van der Waals surface area contributed by atoms with E-state index in [0.29, 0.717) is 0 Å². The molecule has 4 heteroatoms. The van der Waals surface area contributed by atoms with Gasteiger partial charge in [0.05, 0.1) is 0 Å². The zero-order valence-corrected chi connectivity index (χ0v) is 11.4. The van der Waals surface area contributed by atoms with Crippen LogP contribution in [0.25, 0.3) is 0 Å². The van der Waals surface area contributed by atoms with Crippen molar-refractivity contribution in [3.63, 3.8) is 0 Å². The Morgan fingerprint density at radius 1 is 1.10 bits per heavy atom. The fraction of sp³-hybridized carbons (Fsp3) is 0.625. The van der Waals surface area contributed by atoms with E-state index in [9.17, 15) is 9.59 Å². The number of nitrogens with one attached hydrogen (secondary N) is 1. The SMILES string of the molecule is O=C(O)c1ccc(C23CC4CC(CC(C4)C2)C3)[nH]c1=O. The van der Waals surface area contributed by atoms with Gasteiger partial charge in [-0.05, 0) is 68.4 Å². The minimum atomic E-state index is -1.15. The second-order valence-electron chi connectivity index (χ2n) is 7.12. The van der Waals surface area contributed by atoms with Crippen LogP contribution >= 0.6 is 0 Å². The largest absolute Gasteiger partial charge is 0.477 e. The van der Waals surface area contributed by atoms with E-state index in [2.05, 4.69) is 4.98 Å². The number of hydrogen-bond acceptors (Lipinski definition) is 2. The van der Waals surface area contributed by atoms with E-state index in [1.807, 2.05) is 6.07 Å². The van der Waals surface area contributed by atoms with Gasteiger partial charge in [-0.3, -0.25) is 4.79 Å². The average Bonchev–Trinajstić information content (AvgIpc) is 2.36. The van der Waals surface area contributed by atoms with E-state index in [-0.39, 0.29) is 11.0 Å². The lowest BCUT2D eigenvalue weighted by Crippen LogP contribution is -2.49. The third-order valence-corrected chi connectivity index (χ3v) is 5.75. The van der Waals surface area contributed by atoms with Gasteiger partial charge in [0, 0.05) is 11.1 Å². The molecule has 4 bridgehead atoms. The highest BCUT2D eigenvalue weighted by atomic mass is 16.4. The molecule has 1 heterocycles.